The zero-order valence-electron chi connectivity index (χ0n) is 8.75. The predicted octanol–water partition coefficient (Wildman–Crippen LogP) is 4.97. The van der Waals surface area contributed by atoms with E-state index in [1.807, 2.05) is 11.4 Å². The molecule has 0 saturated carbocycles. The van der Waals surface area contributed by atoms with Gasteiger partial charge in [-0.1, -0.05) is 0 Å². The maximum atomic E-state index is 13.2. The van der Waals surface area contributed by atoms with Crippen molar-refractivity contribution >= 4 is 38.9 Å². The fourth-order valence-corrected chi connectivity index (χ4v) is 2.89. The molecule has 1 nitrogen and oxygen atoms in total. The second kappa shape index (κ2) is 5.85. The van der Waals surface area contributed by atoms with Gasteiger partial charge in [0.05, 0.1) is 4.88 Å². The van der Waals surface area contributed by atoms with Gasteiger partial charge in [0.2, 0.25) is 0 Å². The van der Waals surface area contributed by atoms with E-state index in [9.17, 15) is 4.39 Å². The van der Waals surface area contributed by atoms with Gasteiger partial charge in [-0.15, -0.1) is 22.9 Å². The van der Waals surface area contributed by atoms with Crippen LogP contribution in [-0.2, 0) is 12.5 Å². The Hall–Kier alpha value is -0.580. The first-order chi connectivity index (χ1) is 8.19. The molecule has 0 aliphatic rings. The normalized spacial score (nSPS) is 10.5. The Labute approximate surface area is 116 Å². The van der Waals surface area contributed by atoms with Gasteiger partial charge < -0.3 is 4.74 Å². The zero-order chi connectivity index (χ0) is 12.3. The van der Waals surface area contributed by atoms with E-state index in [0.717, 1.165) is 9.35 Å². The first-order valence-corrected chi connectivity index (χ1v) is 7.10. The van der Waals surface area contributed by atoms with Crippen LogP contribution in [0.3, 0.4) is 0 Å². The summed E-state index contributed by atoms with van der Waals surface area (Å²) in [5.41, 5.74) is 0.715. The van der Waals surface area contributed by atoms with Gasteiger partial charge in [-0.05, 0) is 45.1 Å². The van der Waals surface area contributed by atoms with Gasteiger partial charge in [0.1, 0.15) is 18.2 Å². The van der Waals surface area contributed by atoms with Gasteiger partial charge in [0, 0.05) is 16.4 Å². The molecule has 1 heterocycles. The van der Waals surface area contributed by atoms with Crippen LogP contribution in [0.2, 0.25) is 0 Å². The van der Waals surface area contributed by atoms with Crippen molar-refractivity contribution < 1.29 is 9.13 Å². The number of hydrogen-bond donors (Lipinski definition) is 0. The number of alkyl halides is 1. The van der Waals surface area contributed by atoms with Crippen LogP contribution in [0.25, 0.3) is 0 Å². The lowest BCUT2D eigenvalue weighted by Gasteiger charge is -2.07. The van der Waals surface area contributed by atoms with Gasteiger partial charge in [0.15, 0.2) is 0 Å². The van der Waals surface area contributed by atoms with Gasteiger partial charge in [-0.2, -0.15) is 0 Å². The van der Waals surface area contributed by atoms with Crippen molar-refractivity contribution in [3.05, 3.63) is 50.4 Å². The number of hydrogen-bond acceptors (Lipinski definition) is 2. The SMILES string of the molecule is Fc1cc(CCl)cc(OCc2sccc2Br)c1. The average molecular weight is 336 g/mol. The van der Waals surface area contributed by atoms with E-state index >= 15 is 0 Å². The highest BCUT2D eigenvalue weighted by atomic mass is 79.9. The summed E-state index contributed by atoms with van der Waals surface area (Å²) in [6, 6.07) is 6.47. The molecule has 1 aromatic heterocycles. The molecule has 0 fully saturated rings. The van der Waals surface area contributed by atoms with Crippen LogP contribution in [0, 0.1) is 5.82 Å². The molecule has 0 bridgehead atoms. The van der Waals surface area contributed by atoms with Crippen molar-refractivity contribution in [2.75, 3.05) is 0 Å². The Kier molecular flexibility index (Phi) is 4.42. The van der Waals surface area contributed by atoms with E-state index in [1.165, 1.54) is 12.1 Å². The lowest BCUT2D eigenvalue weighted by atomic mass is 10.2. The van der Waals surface area contributed by atoms with Gasteiger partial charge in [-0.3, -0.25) is 0 Å². The highest BCUT2D eigenvalue weighted by Gasteiger charge is 2.05. The molecule has 2 aromatic rings. The molecule has 90 valence electrons. The Morgan fingerprint density at radius 3 is 2.82 bits per heavy atom. The second-order valence-corrected chi connectivity index (χ2v) is 5.53. The molecule has 1 aromatic carbocycles. The Balaban J connectivity index is 2.09. The smallest absolute Gasteiger partial charge is 0.127 e. The van der Waals surface area contributed by atoms with Gasteiger partial charge in [-0.25, -0.2) is 4.39 Å². The van der Waals surface area contributed by atoms with E-state index in [2.05, 4.69) is 15.9 Å². The van der Waals surface area contributed by atoms with E-state index in [0.29, 0.717) is 17.9 Å². The minimum Gasteiger partial charge on any atom is -0.488 e. The maximum Gasteiger partial charge on any atom is 0.127 e. The Morgan fingerprint density at radius 1 is 1.35 bits per heavy atom. The molecular formula is C12H9BrClFOS. The molecular weight excluding hydrogens is 327 g/mol. The van der Waals surface area contributed by atoms with Crippen LogP contribution in [0.4, 0.5) is 4.39 Å². The molecule has 0 saturated heterocycles. The molecule has 0 aliphatic carbocycles. The first-order valence-electron chi connectivity index (χ1n) is 4.89. The van der Waals surface area contributed by atoms with E-state index in [-0.39, 0.29) is 11.7 Å². The van der Waals surface area contributed by atoms with E-state index in [1.54, 1.807) is 17.4 Å². The number of rotatable bonds is 4. The third-order valence-electron chi connectivity index (χ3n) is 2.15. The summed E-state index contributed by atoms with van der Waals surface area (Å²) in [5.74, 6) is 0.445. The van der Waals surface area contributed by atoms with Crippen LogP contribution >= 0.6 is 38.9 Å². The number of benzene rings is 1. The maximum absolute atomic E-state index is 13.2. The molecule has 0 spiro atoms. The van der Waals surface area contributed by atoms with Crippen molar-refractivity contribution in [3.63, 3.8) is 0 Å². The summed E-state index contributed by atoms with van der Waals surface area (Å²) in [6.07, 6.45) is 0. The van der Waals surface area contributed by atoms with Gasteiger partial charge >= 0.3 is 0 Å². The third-order valence-corrected chi connectivity index (χ3v) is 4.35. The zero-order valence-corrected chi connectivity index (χ0v) is 11.9. The second-order valence-electron chi connectivity index (χ2n) is 3.41. The standard InChI is InChI=1S/C12H9BrClFOS/c13-11-1-2-17-12(11)7-16-10-4-8(6-14)3-9(15)5-10/h1-5H,6-7H2. The molecule has 2 rings (SSSR count). The molecule has 0 aliphatic heterocycles. The lowest BCUT2D eigenvalue weighted by molar-refractivity contribution is 0.307. The largest absolute Gasteiger partial charge is 0.488 e. The summed E-state index contributed by atoms with van der Waals surface area (Å²) >= 11 is 10.7. The minimum absolute atomic E-state index is 0.275. The summed E-state index contributed by atoms with van der Waals surface area (Å²) in [5, 5.41) is 1.97. The summed E-state index contributed by atoms with van der Waals surface area (Å²) in [4.78, 5) is 1.07. The summed E-state index contributed by atoms with van der Waals surface area (Å²) in [6.45, 7) is 0.420. The molecule has 0 atom stereocenters. The Morgan fingerprint density at radius 2 is 2.18 bits per heavy atom. The van der Waals surface area contributed by atoms with Gasteiger partial charge in [0.25, 0.3) is 0 Å². The van der Waals surface area contributed by atoms with E-state index in [4.69, 9.17) is 16.3 Å². The van der Waals surface area contributed by atoms with Crippen molar-refractivity contribution in [2.45, 2.75) is 12.5 Å². The summed E-state index contributed by atoms with van der Waals surface area (Å²) < 4.78 is 19.8. The Bertz CT molecular complexity index is 515. The third kappa shape index (κ3) is 3.44. The van der Waals surface area contributed by atoms with Crippen molar-refractivity contribution in [1.29, 1.82) is 0 Å². The van der Waals surface area contributed by atoms with Crippen LogP contribution in [0.1, 0.15) is 10.4 Å². The fourth-order valence-electron chi connectivity index (χ4n) is 1.36. The molecule has 0 radical (unpaired) electrons. The molecule has 0 N–H and O–H groups in total. The number of ether oxygens (including phenoxy) is 1. The molecule has 0 unspecified atom stereocenters. The number of thiophene rings is 1. The van der Waals surface area contributed by atoms with Crippen LogP contribution < -0.4 is 4.74 Å². The number of halogens is 3. The lowest BCUT2D eigenvalue weighted by Crippen LogP contribution is -1.95. The summed E-state index contributed by atoms with van der Waals surface area (Å²) in [7, 11) is 0. The highest BCUT2D eigenvalue weighted by Crippen LogP contribution is 2.25. The monoisotopic (exact) mass is 334 g/mol. The minimum atomic E-state index is -0.330. The van der Waals surface area contributed by atoms with Crippen LogP contribution in [0.15, 0.2) is 34.1 Å². The highest BCUT2D eigenvalue weighted by molar-refractivity contribution is 9.10. The predicted molar refractivity (Wildman–Crippen MR) is 72.3 cm³/mol. The van der Waals surface area contributed by atoms with Crippen molar-refractivity contribution in [1.82, 2.24) is 0 Å². The topological polar surface area (TPSA) is 9.23 Å². The average Bonchev–Trinajstić information content (AvgIpc) is 2.71. The quantitative estimate of drug-likeness (QED) is 0.717. The van der Waals surface area contributed by atoms with Crippen LogP contribution in [-0.4, -0.2) is 0 Å². The van der Waals surface area contributed by atoms with Crippen LogP contribution in [0.5, 0.6) is 5.75 Å². The van der Waals surface area contributed by atoms with Crippen molar-refractivity contribution in [3.8, 4) is 5.75 Å². The first kappa shape index (κ1) is 12.9. The molecule has 0 amide bonds. The fraction of sp³-hybridized carbons (Fsp3) is 0.167. The molecule has 5 heteroatoms. The molecule has 17 heavy (non-hydrogen) atoms. The van der Waals surface area contributed by atoms with Crippen molar-refractivity contribution in [2.24, 2.45) is 0 Å². The van der Waals surface area contributed by atoms with E-state index < -0.39 is 0 Å².